The van der Waals surface area contributed by atoms with Gasteiger partial charge in [0.15, 0.2) is 11.5 Å². The lowest BCUT2D eigenvalue weighted by Gasteiger charge is -2.25. The number of halogens is 2. The van der Waals surface area contributed by atoms with Crippen LogP contribution < -0.4 is 20.1 Å². The summed E-state index contributed by atoms with van der Waals surface area (Å²) in [5.41, 5.74) is 0.285. The summed E-state index contributed by atoms with van der Waals surface area (Å²) in [5, 5.41) is 10.3. The molecule has 38 heavy (non-hydrogen) atoms. The Kier molecular flexibility index (Phi) is 7.18. The Morgan fingerprint density at radius 2 is 1.66 bits per heavy atom. The van der Waals surface area contributed by atoms with Crippen molar-refractivity contribution in [3.8, 4) is 11.5 Å². The predicted octanol–water partition coefficient (Wildman–Crippen LogP) is 4.66. The summed E-state index contributed by atoms with van der Waals surface area (Å²) in [7, 11) is 0. The predicted molar refractivity (Wildman–Crippen MR) is 138 cm³/mol. The molecule has 0 radical (unpaired) electrons. The van der Waals surface area contributed by atoms with E-state index in [1.54, 1.807) is 49.7 Å². The Hall–Kier alpha value is -3.95. The van der Waals surface area contributed by atoms with Crippen molar-refractivity contribution in [2.24, 2.45) is 0 Å². The van der Waals surface area contributed by atoms with Crippen LogP contribution in [0.4, 0.5) is 14.6 Å². The first-order chi connectivity index (χ1) is 17.7. The van der Waals surface area contributed by atoms with Gasteiger partial charge in [0.05, 0.1) is 17.7 Å². The van der Waals surface area contributed by atoms with Gasteiger partial charge in [-0.15, -0.1) is 0 Å². The molecule has 3 aromatic rings. The van der Waals surface area contributed by atoms with Crippen molar-refractivity contribution >= 4 is 17.6 Å². The maximum atomic E-state index is 13.9. The minimum Gasteiger partial charge on any atom is -0.454 e. The average Bonchev–Trinajstić information content (AvgIpc) is 3.45. The van der Waals surface area contributed by atoms with Crippen LogP contribution in [0.1, 0.15) is 58.4 Å². The number of benzene rings is 2. The van der Waals surface area contributed by atoms with E-state index in [1.165, 1.54) is 12.1 Å². The van der Waals surface area contributed by atoms with E-state index in [1.807, 2.05) is 20.8 Å². The van der Waals surface area contributed by atoms with Gasteiger partial charge in [-0.2, -0.15) is 5.10 Å². The van der Waals surface area contributed by atoms with Gasteiger partial charge in [0.2, 0.25) is 18.6 Å². The van der Waals surface area contributed by atoms with Crippen molar-refractivity contribution in [3.05, 3.63) is 70.9 Å². The molecule has 202 valence electrons. The van der Waals surface area contributed by atoms with E-state index in [0.717, 1.165) is 11.6 Å². The van der Waals surface area contributed by atoms with Gasteiger partial charge in [-0.25, -0.2) is 13.5 Å². The van der Waals surface area contributed by atoms with Crippen LogP contribution in [0.2, 0.25) is 0 Å². The first kappa shape index (κ1) is 27.1. The van der Waals surface area contributed by atoms with Crippen molar-refractivity contribution < 1.29 is 27.8 Å². The van der Waals surface area contributed by atoms with Gasteiger partial charge in [-0.05, 0) is 63.1 Å². The highest BCUT2D eigenvalue weighted by Crippen LogP contribution is 2.35. The number of nitrogens with zero attached hydrogens (tertiary/aromatic N) is 2. The molecule has 10 heteroatoms. The number of ether oxygens (including phenoxy) is 2. The number of carbonyl (C=O) groups is 2. The van der Waals surface area contributed by atoms with Crippen molar-refractivity contribution in [1.29, 1.82) is 0 Å². The summed E-state index contributed by atoms with van der Waals surface area (Å²) < 4.78 is 40.2. The second kappa shape index (κ2) is 10.1. The van der Waals surface area contributed by atoms with Crippen molar-refractivity contribution in [1.82, 2.24) is 15.1 Å². The number of anilines is 1. The summed E-state index contributed by atoms with van der Waals surface area (Å²) in [6.07, 6.45) is 0.0662. The molecule has 0 aliphatic carbocycles. The van der Waals surface area contributed by atoms with E-state index in [2.05, 4.69) is 10.6 Å². The third-order valence-corrected chi connectivity index (χ3v) is 6.39. The monoisotopic (exact) mass is 526 g/mol. The zero-order valence-electron chi connectivity index (χ0n) is 22.3. The number of hydrogen-bond acceptors (Lipinski definition) is 5. The highest BCUT2D eigenvalue weighted by atomic mass is 19.1. The van der Waals surface area contributed by atoms with Gasteiger partial charge >= 0.3 is 0 Å². The van der Waals surface area contributed by atoms with Crippen LogP contribution in [0.3, 0.4) is 0 Å². The zero-order valence-corrected chi connectivity index (χ0v) is 22.3. The van der Waals surface area contributed by atoms with Crippen molar-refractivity contribution in [3.63, 3.8) is 0 Å². The number of rotatable bonds is 7. The van der Waals surface area contributed by atoms with E-state index >= 15 is 0 Å². The molecule has 1 aliphatic rings. The molecule has 2 amide bonds. The minimum absolute atomic E-state index is 0.0662. The molecule has 4 rings (SSSR count). The van der Waals surface area contributed by atoms with Crippen molar-refractivity contribution in [2.45, 2.75) is 65.0 Å². The lowest BCUT2D eigenvalue weighted by atomic mass is 9.81. The molecule has 0 saturated heterocycles. The largest absolute Gasteiger partial charge is 0.454 e. The average molecular weight is 527 g/mol. The van der Waals surface area contributed by atoms with Crippen LogP contribution in [0, 0.1) is 11.6 Å². The molecule has 0 unspecified atom stereocenters. The molecular weight excluding hydrogens is 494 g/mol. The first-order valence-corrected chi connectivity index (χ1v) is 12.3. The van der Waals surface area contributed by atoms with Crippen LogP contribution >= 0.6 is 0 Å². The SMILES string of the molecule is C[C@H](NC(=O)Cc1ccc2c(c1)OCO2)C(=O)Nc1cc(C(C)(C)c2cc(F)cc(F)c2)nn1C(C)(C)C. The van der Waals surface area contributed by atoms with E-state index in [-0.39, 0.29) is 19.1 Å². The molecular formula is C28H32F2N4O4. The molecule has 0 bridgehead atoms. The lowest BCUT2D eigenvalue weighted by Crippen LogP contribution is -2.42. The fourth-order valence-electron chi connectivity index (χ4n) is 4.18. The highest BCUT2D eigenvalue weighted by molar-refractivity contribution is 5.96. The smallest absolute Gasteiger partial charge is 0.247 e. The Bertz CT molecular complexity index is 1360. The molecule has 1 atom stereocenters. The maximum Gasteiger partial charge on any atom is 0.247 e. The van der Waals surface area contributed by atoms with E-state index < -0.39 is 34.5 Å². The molecule has 0 saturated carbocycles. The van der Waals surface area contributed by atoms with Gasteiger partial charge in [-0.1, -0.05) is 19.9 Å². The second-order valence-corrected chi connectivity index (χ2v) is 10.9. The van der Waals surface area contributed by atoms with Gasteiger partial charge in [-0.3, -0.25) is 9.59 Å². The molecule has 1 aromatic heterocycles. The summed E-state index contributed by atoms with van der Waals surface area (Å²) in [5.74, 6) is -0.510. The quantitative estimate of drug-likeness (QED) is 0.467. The number of fused-ring (bicyclic) bond motifs is 1. The number of carbonyl (C=O) groups excluding carboxylic acids is 2. The molecule has 2 heterocycles. The Morgan fingerprint density at radius 3 is 2.32 bits per heavy atom. The van der Waals surface area contributed by atoms with E-state index in [0.29, 0.717) is 28.6 Å². The van der Waals surface area contributed by atoms with E-state index in [9.17, 15) is 18.4 Å². The van der Waals surface area contributed by atoms with Gasteiger partial charge < -0.3 is 20.1 Å². The zero-order chi connectivity index (χ0) is 27.8. The normalized spacial score (nSPS) is 13.8. The molecule has 0 fully saturated rings. The third kappa shape index (κ3) is 5.79. The topological polar surface area (TPSA) is 94.5 Å². The molecule has 0 spiro atoms. The molecule has 2 N–H and O–H groups in total. The van der Waals surface area contributed by atoms with Crippen LogP contribution in [0.15, 0.2) is 42.5 Å². The summed E-state index contributed by atoms with van der Waals surface area (Å²) in [4.78, 5) is 25.7. The molecule has 8 nitrogen and oxygen atoms in total. The molecule has 1 aliphatic heterocycles. The lowest BCUT2D eigenvalue weighted by molar-refractivity contribution is -0.125. The molecule has 2 aromatic carbocycles. The highest BCUT2D eigenvalue weighted by Gasteiger charge is 2.31. The number of hydrogen-bond donors (Lipinski definition) is 2. The Balaban J connectivity index is 1.49. The van der Waals surface area contributed by atoms with Gasteiger partial charge in [0.1, 0.15) is 23.5 Å². The minimum atomic E-state index is -0.858. The maximum absolute atomic E-state index is 13.9. The Morgan fingerprint density at radius 1 is 1.00 bits per heavy atom. The van der Waals surface area contributed by atoms with Crippen LogP contribution in [-0.4, -0.2) is 34.4 Å². The number of nitrogens with one attached hydrogen (secondary N) is 2. The van der Waals surface area contributed by atoms with Gasteiger partial charge in [0.25, 0.3) is 0 Å². The standard InChI is InChI=1S/C28H32F2N4O4/c1-16(31-25(35)10-17-7-8-21-22(9-17)38-15-37-21)26(36)32-24-14-23(33-34(24)27(2,3)4)28(5,6)18-11-19(29)13-20(30)12-18/h7-9,11-14,16H,10,15H2,1-6H3,(H,31,35)(H,32,36)/t16-/m0/s1. The number of aromatic nitrogens is 2. The summed E-state index contributed by atoms with van der Waals surface area (Å²) in [6.45, 7) is 11.1. The van der Waals surface area contributed by atoms with Crippen LogP contribution in [0.25, 0.3) is 0 Å². The van der Waals surface area contributed by atoms with Gasteiger partial charge in [0, 0.05) is 17.5 Å². The Labute approximate surface area is 220 Å². The van der Waals surface area contributed by atoms with Crippen LogP contribution in [-0.2, 0) is 27.0 Å². The first-order valence-electron chi connectivity index (χ1n) is 12.3. The van der Waals surface area contributed by atoms with E-state index in [4.69, 9.17) is 14.6 Å². The fourth-order valence-corrected chi connectivity index (χ4v) is 4.18. The summed E-state index contributed by atoms with van der Waals surface area (Å²) >= 11 is 0. The summed E-state index contributed by atoms with van der Waals surface area (Å²) in [6, 6.07) is 9.47. The fraction of sp³-hybridized carbons (Fsp3) is 0.393. The van der Waals surface area contributed by atoms with Crippen molar-refractivity contribution in [2.75, 3.05) is 12.1 Å². The number of amides is 2. The third-order valence-electron chi connectivity index (χ3n) is 6.39. The van der Waals surface area contributed by atoms with Crippen LogP contribution in [0.5, 0.6) is 11.5 Å². The second-order valence-electron chi connectivity index (χ2n) is 10.9.